The molecule has 0 bridgehead atoms. The summed E-state index contributed by atoms with van der Waals surface area (Å²) in [5.41, 5.74) is 0.289. The first-order valence-corrected chi connectivity index (χ1v) is 11.3. The Labute approximate surface area is 194 Å². The molecule has 1 unspecified atom stereocenters. The summed E-state index contributed by atoms with van der Waals surface area (Å²) in [4.78, 5) is 43.5. The number of nitrogens with one attached hydrogen (secondary N) is 1. The second-order valence-corrected chi connectivity index (χ2v) is 9.37. The van der Waals surface area contributed by atoms with E-state index in [2.05, 4.69) is 10.2 Å². The second-order valence-electron chi connectivity index (χ2n) is 8.52. The standard InChI is InChI=1S/C22H32Cl2N4O3/c1-15(2)12-19(25-21(30)17-7-6-16(23)13-18(17)24)22(31)28-9-5-8-27(10-11-28)14-20(29)26(3)4/h6-7,13,15,19H,5,8-12,14H2,1-4H3,(H,25,30). The molecule has 0 aliphatic carbocycles. The van der Waals surface area contributed by atoms with Crippen molar-refractivity contribution in [2.45, 2.75) is 32.7 Å². The number of carbonyl (C=O) groups is 3. The summed E-state index contributed by atoms with van der Waals surface area (Å²) in [6.45, 7) is 6.86. The van der Waals surface area contributed by atoms with Gasteiger partial charge in [-0.1, -0.05) is 37.0 Å². The maximum atomic E-state index is 13.3. The summed E-state index contributed by atoms with van der Waals surface area (Å²) >= 11 is 12.1. The number of carbonyl (C=O) groups excluding carboxylic acids is 3. The molecule has 3 amide bonds. The van der Waals surface area contributed by atoms with Crippen LogP contribution in [0.15, 0.2) is 18.2 Å². The van der Waals surface area contributed by atoms with Crippen molar-refractivity contribution in [3.8, 4) is 0 Å². The van der Waals surface area contributed by atoms with Crippen molar-refractivity contribution >= 4 is 40.9 Å². The van der Waals surface area contributed by atoms with Gasteiger partial charge in [0.25, 0.3) is 5.91 Å². The lowest BCUT2D eigenvalue weighted by Crippen LogP contribution is -2.50. The van der Waals surface area contributed by atoms with Gasteiger partial charge in [0.05, 0.1) is 17.1 Å². The predicted molar refractivity (Wildman–Crippen MR) is 124 cm³/mol. The average Bonchev–Trinajstić information content (AvgIpc) is 2.91. The summed E-state index contributed by atoms with van der Waals surface area (Å²) < 4.78 is 0. The number of likely N-dealkylation sites (N-methyl/N-ethyl adjacent to an activating group) is 1. The number of amides is 3. The molecular weight excluding hydrogens is 439 g/mol. The first-order chi connectivity index (χ1) is 14.6. The zero-order chi connectivity index (χ0) is 23.1. The van der Waals surface area contributed by atoms with Crippen LogP contribution in [0.3, 0.4) is 0 Å². The minimum atomic E-state index is -0.644. The quantitative estimate of drug-likeness (QED) is 0.664. The van der Waals surface area contributed by atoms with E-state index in [0.717, 1.165) is 13.0 Å². The van der Waals surface area contributed by atoms with Crippen LogP contribution in [0.25, 0.3) is 0 Å². The van der Waals surface area contributed by atoms with Crippen molar-refractivity contribution in [1.82, 2.24) is 20.0 Å². The van der Waals surface area contributed by atoms with Crippen molar-refractivity contribution in [2.24, 2.45) is 5.92 Å². The molecule has 1 atom stereocenters. The van der Waals surface area contributed by atoms with E-state index in [9.17, 15) is 14.4 Å². The molecule has 0 spiro atoms. The first kappa shape index (κ1) is 25.4. The molecule has 0 aromatic heterocycles. The van der Waals surface area contributed by atoms with Gasteiger partial charge < -0.3 is 15.1 Å². The predicted octanol–water partition coefficient (Wildman–Crippen LogP) is 2.76. The highest BCUT2D eigenvalue weighted by molar-refractivity contribution is 6.36. The second kappa shape index (κ2) is 11.7. The van der Waals surface area contributed by atoms with E-state index in [0.29, 0.717) is 37.6 Å². The fourth-order valence-electron chi connectivity index (χ4n) is 3.51. The number of nitrogens with zero attached hydrogens (tertiary/aromatic N) is 3. The van der Waals surface area contributed by atoms with Crippen molar-refractivity contribution in [1.29, 1.82) is 0 Å². The largest absolute Gasteiger partial charge is 0.348 e. The molecule has 9 heteroatoms. The zero-order valence-electron chi connectivity index (χ0n) is 18.7. The molecular formula is C22H32Cl2N4O3. The molecule has 172 valence electrons. The van der Waals surface area contributed by atoms with E-state index in [1.54, 1.807) is 36.0 Å². The molecule has 1 aliphatic heterocycles. The van der Waals surface area contributed by atoms with E-state index >= 15 is 0 Å². The molecule has 1 aromatic carbocycles. The Morgan fingerprint density at radius 1 is 1.10 bits per heavy atom. The summed E-state index contributed by atoms with van der Waals surface area (Å²) in [6.07, 6.45) is 1.30. The smallest absolute Gasteiger partial charge is 0.253 e. The zero-order valence-corrected chi connectivity index (χ0v) is 20.2. The lowest BCUT2D eigenvalue weighted by Gasteiger charge is -2.28. The van der Waals surface area contributed by atoms with Gasteiger partial charge >= 0.3 is 0 Å². The fourth-order valence-corrected chi connectivity index (χ4v) is 4.00. The van der Waals surface area contributed by atoms with Gasteiger partial charge in [0.1, 0.15) is 6.04 Å². The van der Waals surface area contributed by atoms with E-state index in [-0.39, 0.29) is 28.3 Å². The molecule has 31 heavy (non-hydrogen) atoms. The van der Waals surface area contributed by atoms with Gasteiger partial charge in [-0.2, -0.15) is 0 Å². The average molecular weight is 471 g/mol. The highest BCUT2D eigenvalue weighted by Crippen LogP contribution is 2.21. The minimum absolute atomic E-state index is 0.0459. The van der Waals surface area contributed by atoms with Crippen molar-refractivity contribution < 1.29 is 14.4 Å². The molecule has 0 saturated carbocycles. The van der Waals surface area contributed by atoms with E-state index < -0.39 is 11.9 Å². The SMILES string of the molecule is CC(C)CC(NC(=O)c1ccc(Cl)cc1Cl)C(=O)N1CCCN(CC(=O)N(C)C)CC1. The van der Waals surface area contributed by atoms with Crippen LogP contribution in [0.4, 0.5) is 0 Å². The van der Waals surface area contributed by atoms with Crippen molar-refractivity contribution in [2.75, 3.05) is 46.8 Å². The Kier molecular flexibility index (Phi) is 9.59. The van der Waals surface area contributed by atoms with E-state index in [4.69, 9.17) is 23.2 Å². The van der Waals surface area contributed by atoms with E-state index in [1.165, 1.54) is 6.07 Å². The van der Waals surface area contributed by atoms with Crippen LogP contribution in [0, 0.1) is 5.92 Å². The number of hydrogen-bond acceptors (Lipinski definition) is 4. The lowest BCUT2D eigenvalue weighted by atomic mass is 10.0. The van der Waals surface area contributed by atoms with Gasteiger partial charge in [0.15, 0.2) is 0 Å². The molecule has 1 N–H and O–H groups in total. The van der Waals surface area contributed by atoms with Crippen molar-refractivity contribution in [3.05, 3.63) is 33.8 Å². The van der Waals surface area contributed by atoms with Crippen LogP contribution in [-0.2, 0) is 9.59 Å². The normalized spacial score (nSPS) is 16.0. The van der Waals surface area contributed by atoms with Gasteiger partial charge in [-0.3, -0.25) is 19.3 Å². The maximum absolute atomic E-state index is 13.3. The molecule has 7 nitrogen and oxygen atoms in total. The Hall–Kier alpha value is -1.83. The van der Waals surface area contributed by atoms with Crippen LogP contribution in [-0.4, -0.2) is 85.3 Å². The van der Waals surface area contributed by atoms with Crippen LogP contribution in [0.2, 0.25) is 10.0 Å². The van der Waals surface area contributed by atoms with Crippen LogP contribution < -0.4 is 5.32 Å². The van der Waals surface area contributed by atoms with Crippen LogP contribution in [0.1, 0.15) is 37.0 Å². The van der Waals surface area contributed by atoms with Gasteiger partial charge in [0.2, 0.25) is 11.8 Å². The Morgan fingerprint density at radius 2 is 1.81 bits per heavy atom. The monoisotopic (exact) mass is 470 g/mol. The Balaban J connectivity index is 2.06. The summed E-state index contributed by atoms with van der Waals surface area (Å²) in [5, 5.41) is 3.56. The van der Waals surface area contributed by atoms with Gasteiger partial charge in [-0.25, -0.2) is 0 Å². The number of halogens is 2. The van der Waals surface area contributed by atoms with Crippen LogP contribution >= 0.6 is 23.2 Å². The van der Waals surface area contributed by atoms with Crippen LogP contribution in [0.5, 0.6) is 0 Å². The minimum Gasteiger partial charge on any atom is -0.348 e. The summed E-state index contributed by atoms with van der Waals surface area (Å²) in [7, 11) is 3.48. The maximum Gasteiger partial charge on any atom is 0.253 e. The molecule has 1 saturated heterocycles. The highest BCUT2D eigenvalue weighted by Gasteiger charge is 2.29. The number of hydrogen-bond donors (Lipinski definition) is 1. The third kappa shape index (κ3) is 7.66. The Bertz CT molecular complexity index is 801. The molecule has 1 heterocycles. The summed E-state index contributed by atoms with van der Waals surface area (Å²) in [6, 6.07) is 4.02. The third-order valence-electron chi connectivity index (χ3n) is 5.24. The number of benzene rings is 1. The molecule has 1 aliphatic rings. The molecule has 1 aromatic rings. The Morgan fingerprint density at radius 3 is 2.42 bits per heavy atom. The third-order valence-corrected chi connectivity index (χ3v) is 5.79. The van der Waals surface area contributed by atoms with Gasteiger partial charge in [-0.05, 0) is 37.0 Å². The molecule has 1 fully saturated rings. The van der Waals surface area contributed by atoms with E-state index in [1.807, 2.05) is 13.8 Å². The number of rotatable bonds is 7. The lowest BCUT2D eigenvalue weighted by molar-refractivity contribution is -0.133. The fraction of sp³-hybridized carbons (Fsp3) is 0.591. The van der Waals surface area contributed by atoms with Crippen molar-refractivity contribution in [3.63, 3.8) is 0 Å². The van der Waals surface area contributed by atoms with Gasteiger partial charge in [-0.15, -0.1) is 0 Å². The van der Waals surface area contributed by atoms with Gasteiger partial charge in [0, 0.05) is 45.3 Å². The first-order valence-electron chi connectivity index (χ1n) is 10.6. The highest BCUT2D eigenvalue weighted by atomic mass is 35.5. The topological polar surface area (TPSA) is 73.0 Å². The summed E-state index contributed by atoms with van der Waals surface area (Å²) in [5.74, 6) is -0.234. The molecule has 2 rings (SSSR count). The molecule has 0 radical (unpaired) electrons.